The minimum Gasteiger partial charge on any atom is -0.475 e. The van der Waals surface area contributed by atoms with Crippen molar-refractivity contribution in [1.29, 1.82) is 0 Å². The van der Waals surface area contributed by atoms with E-state index in [4.69, 9.17) is 5.11 Å². The van der Waals surface area contributed by atoms with Crippen LogP contribution in [0, 0.1) is 0 Å². The van der Waals surface area contributed by atoms with Gasteiger partial charge in [-0.25, -0.2) is 14.3 Å². The molecule has 0 aliphatic heterocycles. The minimum absolute atomic E-state index is 0.222. The highest BCUT2D eigenvalue weighted by Gasteiger charge is 2.22. The highest BCUT2D eigenvalue weighted by Crippen LogP contribution is 2.26. The first-order chi connectivity index (χ1) is 7.66. The summed E-state index contributed by atoms with van der Waals surface area (Å²) in [5.41, 5.74) is 2.03. The molecule has 1 aliphatic carbocycles. The molecule has 0 unspecified atom stereocenters. The van der Waals surface area contributed by atoms with Crippen LogP contribution >= 0.6 is 12.6 Å². The molecule has 16 heavy (non-hydrogen) atoms. The van der Waals surface area contributed by atoms with Gasteiger partial charge in [0.1, 0.15) is 5.03 Å². The molecule has 1 aliphatic rings. The first kappa shape index (κ1) is 9.59. The molecule has 6 nitrogen and oxygen atoms in total. The molecule has 0 atom stereocenters. The van der Waals surface area contributed by atoms with Crippen LogP contribution in [-0.2, 0) is 12.8 Å². The van der Waals surface area contributed by atoms with Crippen LogP contribution in [-0.4, -0.2) is 30.7 Å². The summed E-state index contributed by atoms with van der Waals surface area (Å²) in [5.74, 6) is -1.05. The fourth-order valence-corrected chi connectivity index (χ4v) is 2.34. The summed E-state index contributed by atoms with van der Waals surface area (Å²) in [4.78, 5) is 18.8. The normalized spacial score (nSPS) is 14.3. The second-order valence-corrected chi connectivity index (χ2v) is 4.09. The number of aryl methyl sites for hydroxylation is 1. The lowest BCUT2D eigenvalue weighted by molar-refractivity contribution is 0.0684. The number of carboxylic acid groups (broad SMARTS) is 1. The van der Waals surface area contributed by atoms with E-state index in [2.05, 4.69) is 27.7 Å². The average Bonchev–Trinajstić information content (AvgIpc) is 2.80. The van der Waals surface area contributed by atoms with E-state index in [9.17, 15) is 4.79 Å². The third kappa shape index (κ3) is 1.21. The summed E-state index contributed by atoms with van der Waals surface area (Å²) < 4.78 is 1.52. The second kappa shape index (κ2) is 3.18. The van der Waals surface area contributed by atoms with Crippen LogP contribution in [0.15, 0.2) is 5.03 Å². The van der Waals surface area contributed by atoms with E-state index >= 15 is 0 Å². The second-order valence-electron chi connectivity index (χ2n) is 3.67. The van der Waals surface area contributed by atoms with Crippen LogP contribution in [0.5, 0.6) is 0 Å². The highest BCUT2D eigenvalue weighted by molar-refractivity contribution is 7.80. The van der Waals surface area contributed by atoms with Crippen molar-refractivity contribution in [3.63, 3.8) is 0 Å². The molecule has 2 aromatic heterocycles. The van der Waals surface area contributed by atoms with E-state index in [1.807, 2.05) is 0 Å². The molecular weight excluding hydrogens is 228 g/mol. The van der Waals surface area contributed by atoms with Gasteiger partial charge in [-0.1, -0.05) is 0 Å². The summed E-state index contributed by atoms with van der Waals surface area (Å²) in [6.45, 7) is 0. The number of nitrogens with zero attached hydrogens (tertiary/aromatic N) is 4. The van der Waals surface area contributed by atoms with Crippen molar-refractivity contribution < 1.29 is 9.90 Å². The summed E-state index contributed by atoms with van der Waals surface area (Å²) in [7, 11) is 0. The predicted molar refractivity (Wildman–Crippen MR) is 57.0 cm³/mol. The molecule has 0 amide bonds. The monoisotopic (exact) mass is 236 g/mol. The molecule has 7 heteroatoms. The highest BCUT2D eigenvalue weighted by atomic mass is 32.1. The summed E-state index contributed by atoms with van der Waals surface area (Å²) in [5, 5.41) is 13.4. The molecule has 2 aromatic rings. The predicted octanol–water partition coefficient (Wildman–Crippen LogP) is 0.600. The Hall–Kier alpha value is -1.63. The van der Waals surface area contributed by atoms with Gasteiger partial charge in [0.15, 0.2) is 0 Å². The lowest BCUT2D eigenvalue weighted by Crippen LogP contribution is -2.03. The van der Waals surface area contributed by atoms with E-state index in [-0.39, 0.29) is 5.82 Å². The van der Waals surface area contributed by atoms with Crippen molar-refractivity contribution in [3.05, 3.63) is 17.1 Å². The molecule has 2 heterocycles. The molecule has 0 saturated carbocycles. The maximum Gasteiger partial charge on any atom is 0.375 e. The van der Waals surface area contributed by atoms with Crippen molar-refractivity contribution in [3.8, 4) is 0 Å². The van der Waals surface area contributed by atoms with Crippen molar-refractivity contribution >= 4 is 24.4 Å². The number of aromatic nitrogens is 4. The Kier molecular flexibility index (Phi) is 1.90. The minimum atomic E-state index is -1.14. The maximum absolute atomic E-state index is 10.8. The summed E-state index contributed by atoms with van der Waals surface area (Å²) >= 11 is 4.28. The van der Waals surface area contributed by atoms with Crippen LogP contribution in [0.25, 0.3) is 5.78 Å². The van der Waals surface area contributed by atoms with Crippen LogP contribution in [0.3, 0.4) is 0 Å². The Morgan fingerprint density at radius 3 is 2.94 bits per heavy atom. The maximum atomic E-state index is 10.8. The van der Waals surface area contributed by atoms with E-state index in [0.717, 1.165) is 30.5 Å². The Balaban J connectivity index is 2.35. The number of carbonyl (C=O) groups is 1. The van der Waals surface area contributed by atoms with Gasteiger partial charge in [-0.15, -0.1) is 17.7 Å². The molecule has 0 saturated heterocycles. The van der Waals surface area contributed by atoms with E-state index in [1.54, 1.807) is 0 Å². The molecule has 0 aromatic carbocycles. The zero-order chi connectivity index (χ0) is 11.3. The number of hydrogen-bond donors (Lipinski definition) is 2. The molecule has 82 valence electrons. The van der Waals surface area contributed by atoms with Crippen molar-refractivity contribution in [2.75, 3.05) is 0 Å². The Morgan fingerprint density at radius 1 is 1.38 bits per heavy atom. The first-order valence-corrected chi connectivity index (χ1v) is 5.32. The molecule has 0 radical (unpaired) electrons. The van der Waals surface area contributed by atoms with Gasteiger partial charge in [0.25, 0.3) is 11.6 Å². The number of hydrogen-bond acceptors (Lipinski definition) is 5. The SMILES string of the molecule is O=C(O)c1nc2nc(S)c3c(n2n1)CCC3. The van der Waals surface area contributed by atoms with Gasteiger partial charge in [-0.2, -0.15) is 4.98 Å². The molecular formula is C9H8N4O2S. The number of aromatic carboxylic acids is 1. The van der Waals surface area contributed by atoms with Gasteiger partial charge < -0.3 is 5.11 Å². The molecule has 1 N–H and O–H groups in total. The quantitative estimate of drug-likeness (QED) is 0.560. The lowest BCUT2D eigenvalue weighted by atomic mass is 10.3. The standard InChI is InChI=1S/C9H8N4O2S/c14-8(15)6-10-9-11-7(16)4-2-1-3-5(4)13(9)12-6/h1-3H2,(H,14,15)(H,10,11,12,16). The third-order valence-corrected chi connectivity index (χ3v) is 3.07. The van der Waals surface area contributed by atoms with Gasteiger partial charge >= 0.3 is 5.97 Å². The Morgan fingerprint density at radius 2 is 2.19 bits per heavy atom. The molecule has 0 bridgehead atoms. The average molecular weight is 236 g/mol. The Labute approximate surface area is 95.7 Å². The fourth-order valence-electron chi connectivity index (χ4n) is 2.01. The van der Waals surface area contributed by atoms with Crippen LogP contribution < -0.4 is 0 Å². The topological polar surface area (TPSA) is 80.4 Å². The van der Waals surface area contributed by atoms with Crippen LogP contribution in [0.4, 0.5) is 0 Å². The number of fused-ring (bicyclic) bond motifs is 3. The largest absolute Gasteiger partial charge is 0.475 e. The summed E-state index contributed by atoms with van der Waals surface area (Å²) in [6.07, 6.45) is 2.80. The van der Waals surface area contributed by atoms with Crippen LogP contribution in [0.1, 0.15) is 28.3 Å². The smallest absolute Gasteiger partial charge is 0.375 e. The van der Waals surface area contributed by atoms with E-state index in [0.29, 0.717) is 10.8 Å². The molecule has 0 spiro atoms. The zero-order valence-corrected chi connectivity index (χ0v) is 9.11. The van der Waals surface area contributed by atoms with Gasteiger partial charge in [-0.3, -0.25) is 0 Å². The number of rotatable bonds is 1. The fraction of sp³-hybridized carbons (Fsp3) is 0.333. The van der Waals surface area contributed by atoms with Crippen molar-refractivity contribution in [1.82, 2.24) is 19.6 Å². The van der Waals surface area contributed by atoms with Gasteiger partial charge in [0, 0.05) is 5.56 Å². The third-order valence-electron chi connectivity index (χ3n) is 2.70. The lowest BCUT2D eigenvalue weighted by Gasteiger charge is -2.03. The van der Waals surface area contributed by atoms with Crippen LogP contribution in [0.2, 0.25) is 0 Å². The Bertz CT molecular complexity index is 607. The molecule has 0 fully saturated rings. The van der Waals surface area contributed by atoms with Gasteiger partial charge in [0.2, 0.25) is 0 Å². The van der Waals surface area contributed by atoms with Gasteiger partial charge in [0.05, 0.1) is 5.69 Å². The van der Waals surface area contributed by atoms with Crippen molar-refractivity contribution in [2.45, 2.75) is 24.3 Å². The van der Waals surface area contributed by atoms with Crippen molar-refractivity contribution in [2.24, 2.45) is 0 Å². The zero-order valence-electron chi connectivity index (χ0n) is 8.21. The number of carboxylic acids is 1. The van der Waals surface area contributed by atoms with E-state index in [1.165, 1.54) is 4.52 Å². The number of thiol groups is 1. The van der Waals surface area contributed by atoms with Gasteiger partial charge in [-0.05, 0) is 19.3 Å². The summed E-state index contributed by atoms with van der Waals surface area (Å²) in [6, 6.07) is 0. The van der Waals surface area contributed by atoms with E-state index < -0.39 is 5.97 Å². The molecule has 3 rings (SSSR count). The first-order valence-electron chi connectivity index (χ1n) is 4.87.